The molecule has 0 heterocycles. The van der Waals surface area contributed by atoms with Crippen molar-refractivity contribution in [2.24, 2.45) is 5.92 Å². The lowest BCUT2D eigenvalue weighted by molar-refractivity contribution is 0.0948. The molecule has 2 atom stereocenters. The van der Waals surface area contributed by atoms with E-state index in [1.807, 2.05) is 19.2 Å². The molecule has 0 aliphatic carbocycles. The summed E-state index contributed by atoms with van der Waals surface area (Å²) in [4.78, 5) is 0. The molecule has 3 nitrogen and oxygen atoms in total. The third kappa shape index (κ3) is 4.67. The zero-order chi connectivity index (χ0) is 13.4. The number of nitrogens with one attached hydrogen (secondary N) is 1. The van der Waals surface area contributed by atoms with Crippen molar-refractivity contribution in [3.05, 3.63) is 29.8 Å². The Hall–Kier alpha value is -1.06. The highest BCUT2D eigenvalue weighted by Gasteiger charge is 2.15. The highest BCUT2D eigenvalue weighted by molar-refractivity contribution is 5.33. The topological polar surface area (TPSA) is 30.5 Å². The van der Waals surface area contributed by atoms with Crippen LogP contribution in [0.3, 0.4) is 0 Å². The summed E-state index contributed by atoms with van der Waals surface area (Å²) in [5.74, 6) is 1.53. The molecule has 0 spiro atoms. The van der Waals surface area contributed by atoms with E-state index in [4.69, 9.17) is 9.47 Å². The first-order chi connectivity index (χ1) is 8.71. The van der Waals surface area contributed by atoms with E-state index in [1.165, 1.54) is 5.56 Å². The lowest BCUT2D eigenvalue weighted by Crippen LogP contribution is -2.25. The van der Waals surface area contributed by atoms with Gasteiger partial charge in [-0.05, 0) is 50.9 Å². The number of para-hydroxylation sites is 1. The zero-order valence-electron chi connectivity index (χ0n) is 11.9. The van der Waals surface area contributed by atoms with Crippen LogP contribution in [0.1, 0.15) is 18.9 Å². The largest absolute Gasteiger partial charge is 0.496 e. The molecule has 18 heavy (non-hydrogen) atoms. The van der Waals surface area contributed by atoms with Crippen molar-refractivity contribution < 1.29 is 9.47 Å². The average Bonchev–Trinajstić information content (AvgIpc) is 2.39. The molecule has 0 saturated carbocycles. The molecule has 3 heteroatoms. The Labute approximate surface area is 110 Å². The fourth-order valence-electron chi connectivity index (χ4n) is 2.28. The zero-order valence-corrected chi connectivity index (χ0v) is 11.9. The maximum Gasteiger partial charge on any atom is 0.122 e. The normalized spacial score (nSPS) is 14.2. The van der Waals surface area contributed by atoms with E-state index < -0.39 is 0 Å². The molecule has 0 aromatic heterocycles. The standard InChI is InChI=1S/C15H25NO2/c1-12(17-3)9-13(11-16-2)10-14-7-5-6-8-15(14)18-4/h5-8,12-13,16H,9-11H2,1-4H3. The lowest BCUT2D eigenvalue weighted by atomic mass is 9.93. The monoisotopic (exact) mass is 251 g/mol. The van der Waals surface area contributed by atoms with Gasteiger partial charge in [0.15, 0.2) is 0 Å². The second kappa shape index (κ2) is 8.11. The number of rotatable bonds is 8. The Morgan fingerprint density at radius 1 is 1.22 bits per heavy atom. The second-order valence-electron chi connectivity index (χ2n) is 4.72. The predicted molar refractivity (Wildman–Crippen MR) is 75.2 cm³/mol. The van der Waals surface area contributed by atoms with Crippen molar-refractivity contribution in [1.29, 1.82) is 0 Å². The van der Waals surface area contributed by atoms with Gasteiger partial charge in [-0.2, -0.15) is 0 Å². The molecule has 102 valence electrons. The highest BCUT2D eigenvalue weighted by atomic mass is 16.5. The quantitative estimate of drug-likeness (QED) is 0.770. The average molecular weight is 251 g/mol. The third-order valence-corrected chi connectivity index (χ3v) is 3.26. The van der Waals surface area contributed by atoms with Crippen LogP contribution in [-0.4, -0.2) is 33.9 Å². The van der Waals surface area contributed by atoms with E-state index in [1.54, 1.807) is 14.2 Å². The maximum absolute atomic E-state index is 5.40. The van der Waals surface area contributed by atoms with Gasteiger partial charge in [0, 0.05) is 7.11 Å². The van der Waals surface area contributed by atoms with Crippen molar-refractivity contribution in [1.82, 2.24) is 5.32 Å². The van der Waals surface area contributed by atoms with Crippen molar-refractivity contribution in [2.45, 2.75) is 25.9 Å². The van der Waals surface area contributed by atoms with E-state index in [2.05, 4.69) is 24.4 Å². The van der Waals surface area contributed by atoms with E-state index in [0.29, 0.717) is 5.92 Å². The molecule has 1 aromatic carbocycles. The van der Waals surface area contributed by atoms with E-state index in [-0.39, 0.29) is 6.10 Å². The summed E-state index contributed by atoms with van der Waals surface area (Å²) in [6, 6.07) is 8.23. The number of hydrogen-bond acceptors (Lipinski definition) is 3. The summed E-state index contributed by atoms with van der Waals surface area (Å²) in [7, 11) is 5.49. The number of hydrogen-bond donors (Lipinski definition) is 1. The first-order valence-electron chi connectivity index (χ1n) is 6.50. The van der Waals surface area contributed by atoms with Gasteiger partial charge in [0.05, 0.1) is 13.2 Å². The van der Waals surface area contributed by atoms with Crippen LogP contribution < -0.4 is 10.1 Å². The number of methoxy groups -OCH3 is 2. The second-order valence-corrected chi connectivity index (χ2v) is 4.72. The van der Waals surface area contributed by atoms with Crippen LogP contribution in [0.25, 0.3) is 0 Å². The highest BCUT2D eigenvalue weighted by Crippen LogP contribution is 2.23. The van der Waals surface area contributed by atoms with Crippen molar-refractivity contribution >= 4 is 0 Å². The van der Waals surface area contributed by atoms with Gasteiger partial charge in [-0.3, -0.25) is 0 Å². The molecule has 0 saturated heterocycles. The van der Waals surface area contributed by atoms with Crippen LogP contribution in [0, 0.1) is 5.92 Å². The molecule has 0 amide bonds. The number of benzene rings is 1. The molecular weight excluding hydrogens is 226 g/mol. The van der Waals surface area contributed by atoms with Crippen LogP contribution in [0.5, 0.6) is 5.75 Å². The van der Waals surface area contributed by atoms with Gasteiger partial charge in [-0.15, -0.1) is 0 Å². The first-order valence-corrected chi connectivity index (χ1v) is 6.50. The van der Waals surface area contributed by atoms with Crippen LogP contribution in [0.15, 0.2) is 24.3 Å². The van der Waals surface area contributed by atoms with Gasteiger partial charge in [0.25, 0.3) is 0 Å². The SMILES string of the molecule is CNCC(Cc1ccccc1OC)CC(C)OC. The summed E-state index contributed by atoms with van der Waals surface area (Å²) in [6.07, 6.45) is 2.35. The lowest BCUT2D eigenvalue weighted by Gasteiger charge is -2.21. The number of ether oxygens (including phenoxy) is 2. The van der Waals surface area contributed by atoms with Gasteiger partial charge in [0.2, 0.25) is 0 Å². The van der Waals surface area contributed by atoms with Crippen LogP contribution in [0.2, 0.25) is 0 Å². The van der Waals surface area contributed by atoms with Gasteiger partial charge in [0.1, 0.15) is 5.75 Å². The van der Waals surface area contributed by atoms with Crippen LogP contribution in [-0.2, 0) is 11.2 Å². The Kier molecular flexibility index (Phi) is 6.76. The molecule has 0 fully saturated rings. The van der Waals surface area contributed by atoms with Crippen molar-refractivity contribution in [3.63, 3.8) is 0 Å². The molecule has 0 aliphatic rings. The minimum absolute atomic E-state index is 0.290. The van der Waals surface area contributed by atoms with Gasteiger partial charge in [-0.25, -0.2) is 0 Å². The molecule has 1 rings (SSSR count). The molecule has 0 bridgehead atoms. The fraction of sp³-hybridized carbons (Fsp3) is 0.600. The molecule has 2 unspecified atom stereocenters. The van der Waals surface area contributed by atoms with Crippen LogP contribution in [0.4, 0.5) is 0 Å². The predicted octanol–water partition coefficient (Wildman–Crippen LogP) is 2.50. The van der Waals surface area contributed by atoms with Gasteiger partial charge in [-0.1, -0.05) is 18.2 Å². The van der Waals surface area contributed by atoms with Gasteiger partial charge >= 0.3 is 0 Å². The Balaban J connectivity index is 2.69. The first kappa shape index (κ1) is 15.0. The molecular formula is C15H25NO2. The molecule has 1 N–H and O–H groups in total. The van der Waals surface area contributed by atoms with Crippen molar-refractivity contribution in [2.75, 3.05) is 27.8 Å². The van der Waals surface area contributed by atoms with E-state index in [0.717, 1.165) is 25.1 Å². The van der Waals surface area contributed by atoms with Crippen LogP contribution >= 0.6 is 0 Å². The maximum atomic E-state index is 5.40. The minimum atomic E-state index is 0.290. The smallest absolute Gasteiger partial charge is 0.122 e. The van der Waals surface area contributed by atoms with E-state index in [9.17, 15) is 0 Å². The summed E-state index contributed by atoms with van der Waals surface area (Å²) >= 11 is 0. The van der Waals surface area contributed by atoms with Crippen molar-refractivity contribution in [3.8, 4) is 5.75 Å². The minimum Gasteiger partial charge on any atom is -0.496 e. The molecule has 0 radical (unpaired) electrons. The molecule has 1 aromatic rings. The Morgan fingerprint density at radius 3 is 2.56 bits per heavy atom. The van der Waals surface area contributed by atoms with Gasteiger partial charge < -0.3 is 14.8 Å². The third-order valence-electron chi connectivity index (χ3n) is 3.26. The summed E-state index contributed by atoms with van der Waals surface area (Å²) < 4.78 is 10.8. The molecule has 0 aliphatic heterocycles. The summed E-state index contributed by atoms with van der Waals surface area (Å²) in [5, 5.41) is 3.26. The fourth-order valence-corrected chi connectivity index (χ4v) is 2.28. The van der Waals surface area contributed by atoms with E-state index >= 15 is 0 Å². The Morgan fingerprint density at radius 2 is 1.94 bits per heavy atom. The summed E-state index contributed by atoms with van der Waals surface area (Å²) in [5.41, 5.74) is 1.27. The Bertz CT molecular complexity index is 341. The summed E-state index contributed by atoms with van der Waals surface area (Å²) in [6.45, 7) is 3.11.